The second kappa shape index (κ2) is 5.30. The van der Waals surface area contributed by atoms with Crippen LogP contribution in [0.2, 0.25) is 0 Å². The van der Waals surface area contributed by atoms with Gasteiger partial charge >= 0.3 is 0 Å². The van der Waals surface area contributed by atoms with Crippen molar-refractivity contribution in [2.24, 2.45) is 5.73 Å². The van der Waals surface area contributed by atoms with E-state index in [1.807, 2.05) is 18.2 Å². The average molecular weight is 282 g/mol. The van der Waals surface area contributed by atoms with Crippen molar-refractivity contribution in [2.45, 2.75) is 18.5 Å². The molecule has 1 saturated heterocycles. The van der Waals surface area contributed by atoms with Gasteiger partial charge in [-0.1, -0.05) is 30.3 Å². The van der Waals surface area contributed by atoms with Crippen molar-refractivity contribution in [3.8, 4) is 0 Å². The summed E-state index contributed by atoms with van der Waals surface area (Å²) in [5, 5.41) is 0. The second-order valence-corrected chi connectivity index (χ2v) is 7.12. The molecule has 19 heavy (non-hydrogen) atoms. The number of hydrogen-bond acceptors (Lipinski definition) is 4. The van der Waals surface area contributed by atoms with E-state index in [-0.39, 0.29) is 23.5 Å². The van der Waals surface area contributed by atoms with E-state index in [2.05, 4.69) is 0 Å². The predicted molar refractivity (Wildman–Crippen MR) is 73.2 cm³/mol. The quantitative estimate of drug-likeness (QED) is 0.866. The standard InChI is InChI=1S/C13H18N2O3S/c1-15(11-7-8-19(17,18)9-11)13(16)12(14)10-5-3-2-4-6-10/h2-6,11-12H,7-9,14H2,1H3. The summed E-state index contributed by atoms with van der Waals surface area (Å²) >= 11 is 0. The van der Waals surface area contributed by atoms with Crippen LogP contribution in [0, 0.1) is 0 Å². The van der Waals surface area contributed by atoms with Gasteiger partial charge in [0.05, 0.1) is 11.5 Å². The van der Waals surface area contributed by atoms with Gasteiger partial charge in [-0.3, -0.25) is 4.79 Å². The topological polar surface area (TPSA) is 80.5 Å². The fourth-order valence-electron chi connectivity index (χ4n) is 2.28. The largest absolute Gasteiger partial charge is 0.340 e. The van der Waals surface area contributed by atoms with Crippen molar-refractivity contribution in [2.75, 3.05) is 18.6 Å². The van der Waals surface area contributed by atoms with Crippen molar-refractivity contribution >= 4 is 15.7 Å². The minimum Gasteiger partial charge on any atom is -0.340 e. The van der Waals surface area contributed by atoms with Gasteiger partial charge < -0.3 is 10.6 Å². The van der Waals surface area contributed by atoms with Crippen LogP contribution >= 0.6 is 0 Å². The van der Waals surface area contributed by atoms with E-state index in [9.17, 15) is 13.2 Å². The number of sulfone groups is 1. The van der Waals surface area contributed by atoms with Crippen LogP contribution in [0.25, 0.3) is 0 Å². The van der Waals surface area contributed by atoms with E-state index in [4.69, 9.17) is 5.73 Å². The molecule has 1 aromatic rings. The molecule has 0 bridgehead atoms. The van der Waals surface area contributed by atoms with E-state index >= 15 is 0 Å². The molecule has 6 heteroatoms. The monoisotopic (exact) mass is 282 g/mol. The molecule has 0 saturated carbocycles. The predicted octanol–water partition coefficient (Wildman–Crippen LogP) is 0.332. The number of nitrogens with zero attached hydrogens (tertiary/aromatic N) is 1. The fourth-order valence-corrected chi connectivity index (χ4v) is 4.06. The summed E-state index contributed by atoms with van der Waals surface area (Å²) < 4.78 is 22.9. The first kappa shape index (κ1) is 14.0. The van der Waals surface area contributed by atoms with Gasteiger partial charge in [0.1, 0.15) is 6.04 Å². The van der Waals surface area contributed by atoms with Crippen molar-refractivity contribution in [1.29, 1.82) is 0 Å². The van der Waals surface area contributed by atoms with Crippen LogP contribution in [0.15, 0.2) is 30.3 Å². The number of benzene rings is 1. The SMILES string of the molecule is CN(C(=O)C(N)c1ccccc1)C1CCS(=O)(=O)C1. The molecule has 1 fully saturated rings. The lowest BCUT2D eigenvalue weighted by atomic mass is 10.1. The molecule has 104 valence electrons. The van der Waals surface area contributed by atoms with Crippen LogP contribution in [0.5, 0.6) is 0 Å². The summed E-state index contributed by atoms with van der Waals surface area (Å²) in [4.78, 5) is 13.7. The zero-order valence-electron chi connectivity index (χ0n) is 10.8. The van der Waals surface area contributed by atoms with Crippen LogP contribution < -0.4 is 5.73 Å². The molecule has 1 aliphatic rings. The van der Waals surface area contributed by atoms with Crippen LogP contribution in [0.4, 0.5) is 0 Å². The highest BCUT2D eigenvalue weighted by Crippen LogP contribution is 2.20. The molecule has 2 N–H and O–H groups in total. The van der Waals surface area contributed by atoms with Gasteiger partial charge in [0.25, 0.3) is 0 Å². The highest BCUT2D eigenvalue weighted by molar-refractivity contribution is 7.91. The number of carbonyl (C=O) groups is 1. The zero-order valence-corrected chi connectivity index (χ0v) is 11.6. The lowest BCUT2D eigenvalue weighted by Crippen LogP contribution is -2.42. The Morgan fingerprint density at radius 1 is 1.37 bits per heavy atom. The van der Waals surface area contributed by atoms with Crippen molar-refractivity contribution in [1.82, 2.24) is 4.90 Å². The van der Waals surface area contributed by atoms with Crippen LogP contribution in [-0.2, 0) is 14.6 Å². The van der Waals surface area contributed by atoms with Crippen LogP contribution in [-0.4, -0.2) is 43.8 Å². The first-order chi connectivity index (χ1) is 8.91. The Bertz CT molecular complexity index is 557. The van der Waals surface area contributed by atoms with Crippen molar-refractivity contribution in [3.05, 3.63) is 35.9 Å². The second-order valence-electron chi connectivity index (χ2n) is 4.89. The number of hydrogen-bond donors (Lipinski definition) is 1. The molecule has 0 radical (unpaired) electrons. The van der Waals surface area contributed by atoms with Gasteiger partial charge in [-0.25, -0.2) is 8.42 Å². The van der Waals surface area contributed by atoms with E-state index in [0.717, 1.165) is 5.56 Å². The smallest absolute Gasteiger partial charge is 0.244 e. The Hall–Kier alpha value is -1.40. The van der Waals surface area contributed by atoms with E-state index in [0.29, 0.717) is 6.42 Å². The molecule has 5 nitrogen and oxygen atoms in total. The number of likely N-dealkylation sites (N-methyl/N-ethyl adjacent to an activating group) is 1. The Kier molecular flexibility index (Phi) is 3.91. The number of amides is 1. The van der Waals surface area contributed by atoms with Crippen LogP contribution in [0.3, 0.4) is 0 Å². The average Bonchev–Trinajstić information content (AvgIpc) is 2.77. The maximum atomic E-state index is 12.2. The van der Waals surface area contributed by atoms with E-state index < -0.39 is 15.9 Å². The first-order valence-electron chi connectivity index (χ1n) is 6.18. The third kappa shape index (κ3) is 3.13. The summed E-state index contributed by atoms with van der Waals surface area (Å²) in [7, 11) is -1.38. The van der Waals surface area contributed by atoms with Crippen LogP contribution in [0.1, 0.15) is 18.0 Å². The lowest BCUT2D eigenvalue weighted by molar-refractivity contribution is -0.133. The molecular weight excluding hydrogens is 264 g/mol. The molecule has 2 atom stereocenters. The van der Waals surface area contributed by atoms with Gasteiger partial charge in [0, 0.05) is 13.1 Å². The van der Waals surface area contributed by atoms with Gasteiger partial charge in [-0.05, 0) is 12.0 Å². The Morgan fingerprint density at radius 3 is 2.53 bits per heavy atom. The molecule has 1 amide bonds. The highest BCUT2D eigenvalue weighted by Gasteiger charge is 2.34. The summed E-state index contributed by atoms with van der Waals surface area (Å²) in [5.74, 6) is -0.0552. The molecule has 0 aliphatic carbocycles. The molecule has 0 aromatic heterocycles. The molecule has 1 heterocycles. The molecule has 2 rings (SSSR count). The van der Waals surface area contributed by atoms with Gasteiger partial charge in [0.2, 0.25) is 5.91 Å². The maximum absolute atomic E-state index is 12.2. The number of nitrogens with two attached hydrogens (primary N) is 1. The van der Waals surface area contributed by atoms with Gasteiger partial charge in [-0.2, -0.15) is 0 Å². The normalized spacial score (nSPS) is 22.9. The Labute approximate surface area is 113 Å². The highest BCUT2D eigenvalue weighted by atomic mass is 32.2. The van der Waals surface area contributed by atoms with Crippen molar-refractivity contribution < 1.29 is 13.2 Å². The minimum atomic E-state index is -3.00. The minimum absolute atomic E-state index is 0.0384. The summed E-state index contributed by atoms with van der Waals surface area (Å²) in [6.07, 6.45) is 0.492. The number of carbonyl (C=O) groups excluding carboxylic acids is 1. The van der Waals surface area contributed by atoms with Gasteiger partial charge in [-0.15, -0.1) is 0 Å². The van der Waals surface area contributed by atoms with Crippen molar-refractivity contribution in [3.63, 3.8) is 0 Å². The fraction of sp³-hybridized carbons (Fsp3) is 0.462. The number of rotatable bonds is 3. The molecular formula is C13H18N2O3S. The summed E-state index contributed by atoms with van der Waals surface area (Å²) in [5.41, 5.74) is 6.67. The van der Waals surface area contributed by atoms with E-state index in [1.54, 1.807) is 19.2 Å². The first-order valence-corrected chi connectivity index (χ1v) is 8.00. The van der Waals surface area contributed by atoms with E-state index in [1.165, 1.54) is 4.90 Å². The third-order valence-electron chi connectivity index (χ3n) is 3.53. The van der Waals surface area contributed by atoms with Gasteiger partial charge in [0.15, 0.2) is 9.84 Å². The Balaban J connectivity index is 2.08. The molecule has 2 unspecified atom stereocenters. The zero-order chi connectivity index (χ0) is 14.0. The third-order valence-corrected chi connectivity index (χ3v) is 5.28. The molecule has 1 aromatic carbocycles. The Morgan fingerprint density at radius 2 is 2.00 bits per heavy atom. The summed E-state index contributed by atoms with van der Waals surface area (Å²) in [6.45, 7) is 0. The lowest BCUT2D eigenvalue weighted by Gasteiger charge is -2.26. The molecule has 1 aliphatic heterocycles. The maximum Gasteiger partial charge on any atom is 0.244 e. The molecule has 0 spiro atoms. The summed E-state index contributed by atoms with van der Waals surface area (Å²) in [6, 6.07) is 8.09.